The van der Waals surface area contributed by atoms with E-state index in [0.29, 0.717) is 12.5 Å². The van der Waals surface area contributed by atoms with Gasteiger partial charge in [-0.25, -0.2) is 0 Å². The number of carbonyl (C=O) groups is 1. The summed E-state index contributed by atoms with van der Waals surface area (Å²) >= 11 is 3.38. The highest BCUT2D eigenvalue weighted by Crippen LogP contribution is 2.19. The van der Waals surface area contributed by atoms with Gasteiger partial charge in [-0.1, -0.05) is 15.9 Å². The number of amides is 1. The maximum absolute atomic E-state index is 12.0. The molecule has 0 aromatic heterocycles. The summed E-state index contributed by atoms with van der Waals surface area (Å²) in [5.41, 5.74) is 6.80. The van der Waals surface area contributed by atoms with E-state index < -0.39 is 0 Å². The zero-order valence-corrected chi connectivity index (χ0v) is 13.4. The Morgan fingerprint density at radius 3 is 2.85 bits per heavy atom. The average Bonchev–Trinajstić information content (AvgIpc) is 2.41. The summed E-state index contributed by atoms with van der Waals surface area (Å²) in [6, 6.07) is 7.82. The van der Waals surface area contributed by atoms with Crippen molar-refractivity contribution in [2.24, 2.45) is 11.7 Å². The molecule has 110 valence electrons. The lowest BCUT2D eigenvalue weighted by Gasteiger charge is -2.34. The third-order valence-corrected chi connectivity index (χ3v) is 4.31. The number of carbonyl (C=O) groups excluding carboxylic acids is 1. The number of rotatable bonds is 4. The molecule has 5 heteroatoms. The first kappa shape index (κ1) is 15.5. The van der Waals surface area contributed by atoms with Gasteiger partial charge in [-0.2, -0.15) is 0 Å². The number of benzene rings is 1. The van der Waals surface area contributed by atoms with Gasteiger partial charge >= 0.3 is 0 Å². The van der Waals surface area contributed by atoms with Crippen LogP contribution in [0.25, 0.3) is 0 Å². The van der Waals surface area contributed by atoms with Gasteiger partial charge in [0.15, 0.2) is 0 Å². The van der Waals surface area contributed by atoms with Crippen molar-refractivity contribution in [3.8, 4) is 0 Å². The topological polar surface area (TPSA) is 58.4 Å². The number of hydrogen-bond acceptors (Lipinski definition) is 3. The van der Waals surface area contributed by atoms with E-state index in [1.54, 1.807) is 0 Å². The summed E-state index contributed by atoms with van der Waals surface area (Å²) in [5.74, 6) is 0.543. The number of nitrogens with one attached hydrogen (secondary N) is 1. The summed E-state index contributed by atoms with van der Waals surface area (Å²) in [7, 11) is 0. The molecule has 0 spiro atoms. The highest BCUT2D eigenvalue weighted by molar-refractivity contribution is 9.10. The molecule has 1 aromatic rings. The predicted octanol–water partition coefficient (Wildman–Crippen LogP) is 2.45. The van der Waals surface area contributed by atoms with Gasteiger partial charge in [-0.15, -0.1) is 0 Å². The van der Waals surface area contributed by atoms with Gasteiger partial charge in [0.2, 0.25) is 5.91 Å². The summed E-state index contributed by atoms with van der Waals surface area (Å²) in [6.07, 6.45) is 2.29. The molecule has 1 aliphatic heterocycles. The minimum Gasteiger partial charge on any atom is -0.328 e. The van der Waals surface area contributed by atoms with Crippen molar-refractivity contribution >= 4 is 27.5 Å². The van der Waals surface area contributed by atoms with Crippen molar-refractivity contribution in [2.45, 2.75) is 25.8 Å². The van der Waals surface area contributed by atoms with E-state index in [4.69, 9.17) is 5.73 Å². The lowest BCUT2D eigenvalue weighted by Crippen LogP contribution is -2.45. The highest BCUT2D eigenvalue weighted by atomic mass is 79.9. The molecule has 4 nitrogen and oxygen atoms in total. The molecule has 1 aromatic carbocycles. The molecule has 1 saturated heterocycles. The summed E-state index contributed by atoms with van der Waals surface area (Å²) in [6.45, 7) is 4.40. The number of likely N-dealkylation sites (tertiary alicyclic amines) is 1. The summed E-state index contributed by atoms with van der Waals surface area (Å²) in [5, 5.41) is 2.93. The lowest BCUT2D eigenvalue weighted by atomic mass is 9.92. The Kier molecular flexibility index (Phi) is 5.57. The van der Waals surface area contributed by atoms with Crippen LogP contribution < -0.4 is 11.1 Å². The molecule has 0 radical (unpaired) electrons. The van der Waals surface area contributed by atoms with Crippen molar-refractivity contribution in [3.05, 3.63) is 28.7 Å². The standard InChI is InChI=1S/C15H22BrN3O/c1-11(17)12-3-2-8-19(9-12)10-15(20)18-14-6-4-13(16)5-7-14/h4-7,11-12H,2-3,8-10,17H2,1H3,(H,18,20). The lowest BCUT2D eigenvalue weighted by molar-refractivity contribution is -0.117. The fourth-order valence-corrected chi connectivity index (χ4v) is 2.87. The molecule has 1 fully saturated rings. The second kappa shape index (κ2) is 7.20. The fourth-order valence-electron chi connectivity index (χ4n) is 2.60. The Morgan fingerprint density at radius 1 is 1.50 bits per heavy atom. The molecule has 3 N–H and O–H groups in total. The van der Waals surface area contributed by atoms with Gasteiger partial charge in [0.05, 0.1) is 6.54 Å². The maximum atomic E-state index is 12.0. The normalized spacial score (nSPS) is 21.4. The molecule has 0 bridgehead atoms. The SMILES string of the molecule is CC(N)C1CCCN(CC(=O)Nc2ccc(Br)cc2)C1. The molecule has 0 saturated carbocycles. The van der Waals surface area contributed by atoms with E-state index in [-0.39, 0.29) is 11.9 Å². The van der Waals surface area contributed by atoms with E-state index in [0.717, 1.165) is 29.7 Å². The van der Waals surface area contributed by atoms with Gasteiger partial charge in [-0.05, 0) is 56.5 Å². The largest absolute Gasteiger partial charge is 0.328 e. The fraction of sp³-hybridized carbons (Fsp3) is 0.533. The maximum Gasteiger partial charge on any atom is 0.238 e. The molecule has 2 atom stereocenters. The molecule has 20 heavy (non-hydrogen) atoms. The van der Waals surface area contributed by atoms with E-state index in [2.05, 4.69) is 33.1 Å². The van der Waals surface area contributed by atoms with Crippen molar-refractivity contribution in [2.75, 3.05) is 25.0 Å². The van der Waals surface area contributed by atoms with Crippen molar-refractivity contribution in [1.29, 1.82) is 0 Å². The molecule has 2 unspecified atom stereocenters. The minimum absolute atomic E-state index is 0.0395. The van der Waals surface area contributed by atoms with E-state index in [9.17, 15) is 4.79 Å². The predicted molar refractivity (Wildman–Crippen MR) is 85.6 cm³/mol. The first-order valence-corrected chi connectivity index (χ1v) is 7.87. The summed E-state index contributed by atoms with van der Waals surface area (Å²) in [4.78, 5) is 14.2. The van der Waals surface area contributed by atoms with Crippen LogP contribution in [0.4, 0.5) is 5.69 Å². The number of halogens is 1. The zero-order valence-electron chi connectivity index (χ0n) is 11.8. The van der Waals surface area contributed by atoms with Gasteiger partial charge < -0.3 is 11.1 Å². The van der Waals surface area contributed by atoms with Crippen LogP contribution >= 0.6 is 15.9 Å². The minimum atomic E-state index is 0.0395. The second-order valence-corrected chi connectivity index (χ2v) is 6.47. The van der Waals surface area contributed by atoms with E-state index in [1.165, 1.54) is 6.42 Å². The van der Waals surface area contributed by atoms with Gasteiger partial charge in [0, 0.05) is 22.7 Å². The molecule has 1 amide bonds. The molecular weight excluding hydrogens is 318 g/mol. The molecule has 0 aliphatic carbocycles. The number of anilines is 1. The average molecular weight is 340 g/mol. The van der Waals surface area contributed by atoms with Crippen molar-refractivity contribution in [3.63, 3.8) is 0 Å². The van der Waals surface area contributed by atoms with Crippen LogP contribution in [-0.2, 0) is 4.79 Å². The van der Waals surface area contributed by atoms with Crippen LogP contribution in [0.5, 0.6) is 0 Å². The zero-order chi connectivity index (χ0) is 14.5. The monoisotopic (exact) mass is 339 g/mol. The van der Waals surface area contributed by atoms with Gasteiger partial charge in [-0.3, -0.25) is 9.69 Å². The van der Waals surface area contributed by atoms with Crippen molar-refractivity contribution in [1.82, 2.24) is 4.90 Å². The number of hydrogen-bond donors (Lipinski definition) is 2. The van der Waals surface area contributed by atoms with Crippen LogP contribution in [0, 0.1) is 5.92 Å². The van der Waals surface area contributed by atoms with Crippen LogP contribution in [0.1, 0.15) is 19.8 Å². The van der Waals surface area contributed by atoms with E-state index >= 15 is 0 Å². The summed E-state index contributed by atoms with van der Waals surface area (Å²) < 4.78 is 1.01. The Bertz CT molecular complexity index is 447. The Morgan fingerprint density at radius 2 is 2.20 bits per heavy atom. The Balaban J connectivity index is 1.83. The first-order valence-electron chi connectivity index (χ1n) is 7.08. The van der Waals surface area contributed by atoms with Crippen LogP contribution in [0.2, 0.25) is 0 Å². The third-order valence-electron chi connectivity index (χ3n) is 3.78. The quantitative estimate of drug-likeness (QED) is 0.885. The van der Waals surface area contributed by atoms with Crippen LogP contribution in [-0.4, -0.2) is 36.5 Å². The molecule has 1 heterocycles. The van der Waals surface area contributed by atoms with Gasteiger partial charge in [0.1, 0.15) is 0 Å². The highest BCUT2D eigenvalue weighted by Gasteiger charge is 2.23. The van der Waals surface area contributed by atoms with Crippen LogP contribution in [0.3, 0.4) is 0 Å². The van der Waals surface area contributed by atoms with E-state index in [1.807, 2.05) is 24.3 Å². The number of piperidine rings is 1. The van der Waals surface area contributed by atoms with Gasteiger partial charge in [0.25, 0.3) is 0 Å². The van der Waals surface area contributed by atoms with Crippen LogP contribution in [0.15, 0.2) is 28.7 Å². The Hall–Kier alpha value is -0.910. The smallest absolute Gasteiger partial charge is 0.238 e. The number of nitrogens with two attached hydrogens (primary N) is 1. The molecule has 1 aliphatic rings. The molecule has 2 rings (SSSR count). The Labute approximate surface area is 128 Å². The molecular formula is C15H22BrN3O. The third kappa shape index (κ3) is 4.58. The first-order chi connectivity index (χ1) is 9.54. The number of nitrogens with zero attached hydrogens (tertiary/aromatic N) is 1. The van der Waals surface area contributed by atoms with Crippen molar-refractivity contribution < 1.29 is 4.79 Å². The second-order valence-electron chi connectivity index (χ2n) is 5.55.